The number of aromatic nitrogens is 4. The maximum Gasteiger partial charge on any atom is 0.345 e. The Morgan fingerprint density at radius 3 is 2.82 bits per heavy atom. The summed E-state index contributed by atoms with van der Waals surface area (Å²) in [5.41, 5.74) is 0.257. The molecular weight excluding hydrogens is 368 g/mol. The summed E-state index contributed by atoms with van der Waals surface area (Å²) in [7, 11) is 1.58. The number of aryl methyl sites for hydroxylation is 2. The van der Waals surface area contributed by atoms with Crippen molar-refractivity contribution in [3.05, 3.63) is 64.5 Å². The average Bonchev–Trinajstić information content (AvgIpc) is 2.98. The summed E-state index contributed by atoms with van der Waals surface area (Å²) in [6.07, 6.45) is 2.49. The number of halogens is 2. The molecule has 1 unspecified atom stereocenters. The van der Waals surface area contributed by atoms with E-state index in [1.165, 1.54) is 33.6 Å². The molecule has 0 saturated heterocycles. The van der Waals surface area contributed by atoms with Crippen molar-refractivity contribution in [2.45, 2.75) is 19.4 Å². The molecular formula is C19H17F2N5O2. The summed E-state index contributed by atoms with van der Waals surface area (Å²) < 4.78 is 30.0. The van der Waals surface area contributed by atoms with Crippen LogP contribution in [0.25, 0.3) is 11.1 Å². The molecule has 3 aromatic rings. The highest BCUT2D eigenvalue weighted by Gasteiger charge is 2.28. The van der Waals surface area contributed by atoms with E-state index >= 15 is 0 Å². The Kier molecular flexibility index (Phi) is 4.50. The van der Waals surface area contributed by atoms with Gasteiger partial charge < -0.3 is 5.32 Å². The van der Waals surface area contributed by atoms with Gasteiger partial charge in [-0.2, -0.15) is 5.10 Å². The Morgan fingerprint density at radius 1 is 1.25 bits per heavy atom. The van der Waals surface area contributed by atoms with Crippen molar-refractivity contribution in [1.82, 2.24) is 19.3 Å². The lowest BCUT2D eigenvalue weighted by molar-refractivity contribution is -0.120. The van der Waals surface area contributed by atoms with Gasteiger partial charge in [0.25, 0.3) is 0 Å². The van der Waals surface area contributed by atoms with Gasteiger partial charge in [-0.15, -0.1) is 0 Å². The normalized spacial score (nSPS) is 15.9. The van der Waals surface area contributed by atoms with E-state index in [0.29, 0.717) is 30.0 Å². The molecule has 1 atom stereocenters. The van der Waals surface area contributed by atoms with Gasteiger partial charge in [0.1, 0.15) is 11.6 Å². The molecule has 0 bridgehead atoms. The molecule has 4 rings (SSSR count). The van der Waals surface area contributed by atoms with Gasteiger partial charge in [0.05, 0.1) is 5.92 Å². The van der Waals surface area contributed by atoms with E-state index in [2.05, 4.69) is 15.4 Å². The molecule has 0 saturated carbocycles. The number of carbonyl (C=O) groups excluding carboxylic acids is 1. The van der Waals surface area contributed by atoms with Crippen LogP contribution < -0.4 is 11.0 Å². The predicted octanol–water partition coefficient (Wildman–Crippen LogP) is 2.12. The Hall–Kier alpha value is -3.36. The van der Waals surface area contributed by atoms with E-state index in [1.54, 1.807) is 13.1 Å². The minimum absolute atomic E-state index is 0.0983. The van der Waals surface area contributed by atoms with Gasteiger partial charge in [-0.1, -0.05) is 12.1 Å². The van der Waals surface area contributed by atoms with Crippen LogP contribution in [0.4, 0.5) is 14.6 Å². The van der Waals surface area contributed by atoms with Gasteiger partial charge in [0, 0.05) is 37.3 Å². The number of hydrogen-bond acceptors (Lipinski definition) is 4. The Labute approximate surface area is 158 Å². The van der Waals surface area contributed by atoms with E-state index in [1.807, 2.05) is 0 Å². The first kappa shape index (κ1) is 18.0. The molecule has 0 spiro atoms. The summed E-state index contributed by atoms with van der Waals surface area (Å²) in [5.74, 6) is -1.53. The topological polar surface area (TPSA) is 81.8 Å². The average molecular weight is 385 g/mol. The fourth-order valence-electron chi connectivity index (χ4n) is 3.33. The largest absolute Gasteiger partial charge is 0.345 e. The lowest BCUT2D eigenvalue weighted by atomic mass is 9.98. The third-order valence-corrected chi connectivity index (χ3v) is 4.85. The van der Waals surface area contributed by atoms with Crippen LogP contribution in [-0.2, 0) is 24.8 Å². The maximum absolute atomic E-state index is 13.9. The second-order valence-corrected chi connectivity index (χ2v) is 6.69. The minimum atomic E-state index is -0.944. The third-order valence-electron chi connectivity index (χ3n) is 4.85. The second kappa shape index (κ2) is 6.99. The van der Waals surface area contributed by atoms with Crippen LogP contribution in [0.2, 0.25) is 0 Å². The molecule has 1 aliphatic rings. The van der Waals surface area contributed by atoms with Gasteiger partial charge in [0.2, 0.25) is 5.91 Å². The van der Waals surface area contributed by atoms with Crippen molar-refractivity contribution in [2.24, 2.45) is 13.0 Å². The number of carbonyl (C=O) groups is 1. The minimum Gasteiger partial charge on any atom is -0.310 e. The highest BCUT2D eigenvalue weighted by atomic mass is 19.2. The third kappa shape index (κ3) is 3.19. The number of fused-ring (bicyclic) bond motifs is 1. The molecule has 144 valence electrons. The summed E-state index contributed by atoms with van der Waals surface area (Å²) in [5, 5.41) is 6.86. The number of nitrogens with one attached hydrogen (secondary N) is 1. The molecule has 0 aliphatic carbocycles. The lowest BCUT2D eigenvalue weighted by Gasteiger charge is -2.21. The van der Waals surface area contributed by atoms with Crippen molar-refractivity contribution in [3.8, 4) is 11.1 Å². The number of pyridine rings is 1. The lowest BCUT2D eigenvalue weighted by Crippen LogP contribution is -2.35. The zero-order valence-corrected chi connectivity index (χ0v) is 15.0. The second-order valence-electron chi connectivity index (χ2n) is 6.69. The molecule has 1 amide bonds. The molecule has 0 fully saturated rings. The van der Waals surface area contributed by atoms with Crippen molar-refractivity contribution in [2.75, 3.05) is 5.32 Å². The molecule has 28 heavy (non-hydrogen) atoms. The van der Waals surface area contributed by atoms with Crippen molar-refractivity contribution in [3.63, 3.8) is 0 Å². The first-order valence-electron chi connectivity index (χ1n) is 8.78. The van der Waals surface area contributed by atoms with Crippen molar-refractivity contribution < 1.29 is 13.6 Å². The zero-order chi connectivity index (χ0) is 19.8. The molecule has 3 heterocycles. The quantitative estimate of drug-likeness (QED) is 0.749. The van der Waals surface area contributed by atoms with E-state index < -0.39 is 11.6 Å². The number of hydrogen-bond donors (Lipinski definition) is 1. The van der Waals surface area contributed by atoms with Crippen LogP contribution in [0.1, 0.15) is 12.2 Å². The van der Waals surface area contributed by atoms with E-state index in [9.17, 15) is 18.4 Å². The molecule has 1 aromatic carbocycles. The van der Waals surface area contributed by atoms with Crippen LogP contribution in [0, 0.1) is 17.6 Å². The molecule has 1 N–H and O–H groups in total. The van der Waals surface area contributed by atoms with Gasteiger partial charge in [0.15, 0.2) is 11.6 Å². The predicted molar refractivity (Wildman–Crippen MR) is 97.5 cm³/mol. The molecule has 9 heteroatoms. The number of amides is 1. The van der Waals surface area contributed by atoms with E-state index in [0.717, 1.165) is 6.07 Å². The van der Waals surface area contributed by atoms with Crippen molar-refractivity contribution in [1.29, 1.82) is 0 Å². The number of rotatable bonds is 3. The van der Waals surface area contributed by atoms with Gasteiger partial charge in [-0.3, -0.25) is 9.36 Å². The van der Waals surface area contributed by atoms with E-state index in [-0.39, 0.29) is 29.6 Å². The highest BCUT2D eigenvalue weighted by Crippen LogP contribution is 2.25. The summed E-state index contributed by atoms with van der Waals surface area (Å²) in [4.78, 5) is 28.7. The molecule has 0 radical (unpaired) electrons. The summed E-state index contributed by atoms with van der Waals surface area (Å²) in [6.45, 7) is 0.264. The van der Waals surface area contributed by atoms with Gasteiger partial charge in [-0.05, 0) is 24.6 Å². The van der Waals surface area contributed by atoms with Crippen LogP contribution in [-0.4, -0.2) is 25.2 Å². The van der Waals surface area contributed by atoms with Gasteiger partial charge >= 0.3 is 5.69 Å². The van der Waals surface area contributed by atoms with E-state index in [4.69, 9.17) is 0 Å². The number of nitrogens with zero attached hydrogens (tertiary/aromatic N) is 4. The summed E-state index contributed by atoms with van der Waals surface area (Å²) >= 11 is 0. The Morgan fingerprint density at radius 2 is 2.07 bits per heavy atom. The number of benzene rings is 1. The summed E-state index contributed by atoms with van der Waals surface area (Å²) in [6, 6.07) is 7.01. The number of anilines is 1. The monoisotopic (exact) mass is 385 g/mol. The molecule has 2 aromatic heterocycles. The fraction of sp³-hybridized carbons (Fsp3) is 0.263. The maximum atomic E-state index is 13.9. The van der Waals surface area contributed by atoms with Crippen LogP contribution in [0.5, 0.6) is 0 Å². The standard InChI is InChI=1S/C19H17F2N5O2/c1-25-19(28)26-10-12(6-8-16(26)24-25)18(27)23-15-7-5-11(9-22-15)13-3-2-4-14(20)17(13)21/h2-5,7,9,12H,6,8,10H2,1H3,(H,22,23,27). The van der Waals surface area contributed by atoms with Crippen molar-refractivity contribution >= 4 is 11.7 Å². The first-order valence-corrected chi connectivity index (χ1v) is 8.78. The van der Waals surface area contributed by atoms with Crippen LogP contribution >= 0.6 is 0 Å². The Balaban J connectivity index is 1.47. The zero-order valence-electron chi connectivity index (χ0n) is 15.0. The first-order chi connectivity index (χ1) is 13.4. The van der Waals surface area contributed by atoms with Crippen LogP contribution in [0.3, 0.4) is 0 Å². The SMILES string of the molecule is Cn1nc2n(c1=O)CC(C(=O)Nc1ccc(-c3cccc(F)c3F)cn1)CC2. The molecule has 7 nitrogen and oxygen atoms in total. The Bertz CT molecular complexity index is 1100. The van der Waals surface area contributed by atoms with Gasteiger partial charge in [-0.25, -0.2) is 23.2 Å². The smallest absolute Gasteiger partial charge is 0.310 e. The molecule has 1 aliphatic heterocycles. The highest BCUT2D eigenvalue weighted by molar-refractivity contribution is 5.91. The van der Waals surface area contributed by atoms with Crippen LogP contribution in [0.15, 0.2) is 41.3 Å². The fourth-order valence-corrected chi connectivity index (χ4v) is 3.33.